The minimum atomic E-state index is -3.89. The third kappa shape index (κ3) is 7.39. The molecule has 0 aromatic heterocycles. The van der Waals surface area contributed by atoms with Gasteiger partial charge in [-0.2, -0.15) is 4.31 Å². The monoisotopic (exact) mass is 548 g/mol. The van der Waals surface area contributed by atoms with Crippen molar-refractivity contribution in [3.8, 4) is 0 Å². The van der Waals surface area contributed by atoms with Crippen molar-refractivity contribution in [2.24, 2.45) is 0 Å². The van der Waals surface area contributed by atoms with Crippen LogP contribution in [-0.2, 0) is 26.4 Å². The van der Waals surface area contributed by atoms with Gasteiger partial charge in [0.2, 0.25) is 10.0 Å². The van der Waals surface area contributed by atoms with Crippen molar-refractivity contribution in [3.05, 3.63) is 101 Å². The number of amides is 1. The lowest BCUT2D eigenvalue weighted by Gasteiger charge is -2.31. The number of rotatable bonds is 11. The van der Waals surface area contributed by atoms with Crippen LogP contribution < -0.4 is 5.32 Å². The molecule has 192 valence electrons. The smallest absolute Gasteiger partial charge is 0.251 e. The number of hydrogen-bond acceptors (Lipinski definition) is 5. The molecular weight excluding hydrogens is 520 g/mol. The Labute approximate surface area is 218 Å². The van der Waals surface area contributed by atoms with Crippen LogP contribution in [0, 0.1) is 0 Å². The second-order valence-corrected chi connectivity index (χ2v) is 13.0. The molecule has 36 heavy (non-hydrogen) atoms. The average Bonchev–Trinajstić information content (AvgIpc) is 2.84. The molecule has 0 saturated heterocycles. The highest BCUT2D eigenvalue weighted by molar-refractivity contribution is 7.90. The predicted molar refractivity (Wildman–Crippen MR) is 142 cm³/mol. The summed E-state index contributed by atoms with van der Waals surface area (Å²) in [6.45, 7) is 2.04. The van der Waals surface area contributed by atoms with Crippen molar-refractivity contribution >= 4 is 37.4 Å². The molecule has 0 radical (unpaired) electrons. The number of hydrogen-bond donors (Lipinski definition) is 1. The van der Waals surface area contributed by atoms with Gasteiger partial charge in [0.15, 0.2) is 0 Å². The van der Waals surface area contributed by atoms with Crippen molar-refractivity contribution in [2.45, 2.75) is 30.8 Å². The van der Waals surface area contributed by atoms with Gasteiger partial charge in [0.05, 0.1) is 16.7 Å². The average molecular weight is 549 g/mol. The van der Waals surface area contributed by atoms with Gasteiger partial charge >= 0.3 is 0 Å². The van der Waals surface area contributed by atoms with Gasteiger partial charge in [-0.05, 0) is 53.9 Å². The van der Waals surface area contributed by atoms with E-state index in [9.17, 15) is 21.6 Å². The van der Waals surface area contributed by atoms with E-state index in [1.807, 2.05) is 37.3 Å². The lowest BCUT2D eigenvalue weighted by Crippen LogP contribution is -2.34. The molecule has 0 heterocycles. The van der Waals surface area contributed by atoms with E-state index in [0.717, 1.165) is 11.8 Å². The summed E-state index contributed by atoms with van der Waals surface area (Å²) in [5, 5.41) is 3.03. The molecule has 0 spiro atoms. The molecular formula is C26H29ClN2O5S2. The molecule has 0 aliphatic heterocycles. The fraction of sp³-hybridized carbons (Fsp3) is 0.269. The maximum absolute atomic E-state index is 13.8. The maximum atomic E-state index is 13.8. The van der Waals surface area contributed by atoms with Crippen LogP contribution >= 0.6 is 11.6 Å². The second kappa shape index (κ2) is 12.0. The van der Waals surface area contributed by atoms with Gasteiger partial charge in [0.25, 0.3) is 5.91 Å². The number of sulfonamides is 1. The third-order valence-corrected chi connectivity index (χ3v) is 8.72. The summed E-state index contributed by atoms with van der Waals surface area (Å²) in [5.41, 5.74) is 1.93. The number of carbonyl (C=O) groups excluding carboxylic acids is 1. The molecule has 3 aromatic rings. The molecule has 0 aliphatic rings. The third-order valence-electron chi connectivity index (χ3n) is 5.65. The van der Waals surface area contributed by atoms with E-state index in [1.54, 1.807) is 36.4 Å². The van der Waals surface area contributed by atoms with Crippen LogP contribution in [-0.4, -0.2) is 45.6 Å². The number of halogens is 1. The first kappa shape index (κ1) is 27.9. The molecule has 1 atom stereocenters. The number of nitrogens with zero attached hydrogens (tertiary/aromatic N) is 1. The number of nitrogens with one attached hydrogen (secondary N) is 1. The lowest BCUT2D eigenvalue weighted by molar-refractivity contribution is 0.0956. The first-order valence-electron chi connectivity index (χ1n) is 11.4. The Morgan fingerprint density at radius 3 is 2.08 bits per heavy atom. The van der Waals surface area contributed by atoms with Crippen LogP contribution in [0.5, 0.6) is 0 Å². The Morgan fingerprint density at radius 1 is 0.917 bits per heavy atom. The number of benzene rings is 3. The Bertz CT molecular complexity index is 1380. The van der Waals surface area contributed by atoms with Crippen molar-refractivity contribution < 1.29 is 21.6 Å². The summed E-state index contributed by atoms with van der Waals surface area (Å²) >= 11 is 5.98. The summed E-state index contributed by atoms with van der Waals surface area (Å²) in [7, 11) is -7.07. The van der Waals surface area contributed by atoms with Crippen LogP contribution in [0.2, 0.25) is 5.02 Å². The highest BCUT2D eigenvalue weighted by Gasteiger charge is 2.31. The summed E-state index contributed by atoms with van der Waals surface area (Å²) in [5.74, 6) is -0.543. The van der Waals surface area contributed by atoms with E-state index in [0.29, 0.717) is 22.6 Å². The number of carbonyl (C=O) groups is 1. The quantitative estimate of drug-likeness (QED) is 0.381. The largest absolute Gasteiger partial charge is 0.351 e. The van der Waals surface area contributed by atoms with Gasteiger partial charge < -0.3 is 5.32 Å². The molecule has 3 aromatic carbocycles. The summed E-state index contributed by atoms with van der Waals surface area (Å²) in [6, 6.07) is 21.7. The molecule has 10 heteroatoms. The Kier molecular flexibility index (Phi) is 9.30. The molecule has 0 fully saturated rings. The molecule has 0 saturated carbocycles. The molecule has 1 unspecified atom stereocenters. The fourth-order valence-electron chi connectivity index (χ4n) is 3.78. The lowest BCUT2D eigenvalue weighted by atomic mass is 10.0. The normalized spacial score (nSPS) is 12.9. The van der Waals surface area contributed by atoms with Crippen LogP contribution in [0.1, 0.15) is 40.9 Å². The van der Waals surface area contributed by atoms with Gasteiger partial charge in [0.1, 0.15) is 9.84 Å². The van der Waals surface area contributed by atoms with E-state index in [4.69, 9.17) is 11.6 Å². The van der Waals surface area contributed by atoms with E-state index in [-0.39, 0.29) is 23.7 Å². The molecule has 1 amide bonds. The molecule has 1 N–H and O–H groups in total. The summed E-state index contributed by atoms with van der Waals surface area (Å²) < 4.78 is 51.5. The molecule has 3 rings (SSSR count). The fourth-order valence-corrected chi connectivity index (χ4v) is 6.05. The molecule has 0 bridgehead atoms. The van der Waals surface area contributed by atoms with Crippen LogP contribution in [0.3, 0.4) is 0 Å². The Hall–Kier alpha value is -2.72. The van der Waals surface area contributed by atoms with E-state index in [1.165, 1.54) is 16.4 Å². The second-order valence-electron chi connectivity index (χ2n) is 8.42. The summed E-state index contributed by atoms with van der Waals surface area (Å²) in [6.07, 6.45) is 1.66. The summed E-state index contributed by atoms with van der Waals surface area (Å²) in [4.78, 5) is 12.5. The van der Waals surface area contributed by atoms with Crippen LogP contribution in [0.15, 0.2) is 83.8 Å². The van der Waals surface area contributed by atoms with Gasteiger partial charge in [-0.1, -0.05) is 61.0 Å². The van der Waals surface area contributed by atoms with Gasteiger partial charge in [0, 0.05) is 29.9 Å². The van der Waals surface area contributed by atoms with E-state index >= 15 is 0 Å². The van der Waals surface area contributed by atoms with Gasteiger partial charge in [-0.25, -0.2) is 16.8 Å². The Morgan fingerprint density at radius 2 is 1.53 bits per heavy atom. The van der Waals surface area contributed by atoms with Crippen molar-refractivity contribution in [1.29, 1.82) is 0 Å². The zero-order valence-corrected chi connectivity index (χ0v) is 22.5. The Balaban J connectivity index is 1.89. The van der Waals surface area contributed by atoms with Crippen molar-refractivity contribution in [1.82, 2.24) is 9.62 Å². The maximum Gasteiger partial charge on any atom is 0.251 e. The van der Waals surface area contributed by atoms with Crippen LogP contribution in [0.25, 0.3) is 0 Å². The first-order valence-corrected chi connectivity index (χ1v) is 15.3. The van der Waals surface area contributed by atoms with E-state index < -0.39 is 31.8 Å². The highest BCUT2D eigenvalue weighted by Crippen LogP contribution is 2.32. The van der Waals surface area contributed by atoms with Gasteiger partial charge in [-0.15, -0.1) is 0 Å². The van der Waals surface area contributed by atoms with Crippen molar-refractivity contribution in [2.75, 3.05) is 18.6 Å². The minimum Gasteiger partial charge on any atom is -0.351 e. The van der Waals surface area contributed by atoms with Crippen molar-refractivity contribution in [3.63, 3.8) is 0 Å². The minimum absolute atomic E-state index is 0.0157. The SMILES string of the molecule is CCC(c1ccccc1)N(Cc1ccc(C(=O)NCCS(C)(=O)=O)cc1)S(=O)(=O)c1ccc(Cl)cc1. The number of sulfone groups is 1. The predicted octanol–water partition coefficient (Wildman–Crippen LogP) is 4.46. The standard InChI is InChI=1S/C26H29ClN2O5S2/c1-3-25(21-7-5-4-6-8-21)29(36(33,34)24-15-13-23(27)14-16-24)19-20-9-11-22(12-10-20)26(30)28-17-18-35(2,31)32/h4-16,25H,3,17-19H2,1-2H3,(H,28,30). The molecule has 0 aliphatic carbocycles. The van der Waals surface area contributed by atoms with E-state index in [2.05, 4.69) is 5.32 Å². The molecule has 7 nitrogen and oxygen atoms in total. The topological polar surface area (TPSA) is 101 Å². The zero-order chi connectivity index (χ0) is 26.3. The first-order chi connectivity index (χ1) is 17.0. The van der Waals surface area contributed by atoms with Crippen LogP contribution in [0.4, 0.5) is 0 Å². The highest BCUT2D eigenvalue weighted by atomic mass is 35.5. The van der Waals surface area contributed by atoms with Gasteiger partial charge in [-0.3, -0.25) is 4.79 Å². The zero-order valence-electron chi connectivity index (χ0n) is 20.1.